The molecule has 0 aromatic heterocycles. The molecule has 1 aromatic carbocycles. The molecule has 0 fully saturated rings. The van der Waals surface area contributed by atoms with Crippen LogP contribution in [0.3, 0.4) is 0 Å². The molecule has 2 rings (SSSR count). The summed E-state index contributed by atoms with van der Waals surface area (Å²) in [5.41, 5.74) is 0.669. The van der Waals surface area contributed by atoms with Gasteiger partial charge in [0.15, 0.2) is 11.5 Å². The minimum absolute atomic E-state index is 0.0137. The average molecular weight is 266 g/mol. The molecule has 0 spiro atoms. The third-order valence-electron chi connectivity index (χ3n) is 2.98. The van der Waals surface area contributed by atoms with Crippen LogP contribution in [0.1, 0.15) is 12.5 Å². The highest BCUT2D eigenvalue weighted by Gasteiger charge is 2.18. The lowest BCUT2D eigenvalue weighted by atomic mass is 10.1. The van der Waals surface area contributed by atoms with E-state index in [1.165, 1.54) is 11.0 Å². The predicted octanol–water partition coefficient (Wildman–Crippen LogP) is 0.687. The van der Waals surface area contributed by atoms with Crippen LogP contribution in [0.2, 0.25) is 0 Å². The number of aromatic hydroxyl groups is 1. The van der Waals surface area contributed by atoms with E-state index in [1.807, 2.05) is 0 Å². The standard InChI is InChI=1S/C13H18N2O4/c1-8(13(17)15(2)3)14-6-9-4-11-12(5-10(9)16)19-7-18-11/h4-5,8,14,16H,6-7H2,1-3H3. The molecule has 0 saturated heterocycles. The molecule has 0 saturated carbocycles. The molecule has 1 aromatic rings. The van der Waals surface area contributed by atoms with E-state index in [2.05, 4.69) is 5.32 Å². The van der Waals surface area contributed by atoms with Crippen LogP contribution in [0.15, 0.2) is 12.1 Å². The Hall–Kier alpha value is -1.95. The van der Waals surface area contributed by atoms with Gasteiger partial charge in [-0.2, -0.15) is 0 Å². The Kier molecular flexibility index (Phi) is 3.80. The van der Waals surface area contributed by atoms with E-state index in [0.29, 0.717) is 23.6 Å². The Bertz CT molecular complexity index is 488. The van der Waals surface area contributed by atoms with Crippen LogP contribution in [-0.2, 0) is 11.3 Å². The van der Waals surface area contributed by atoms with Gasteiger partial charge in [0.25, 0.3) is 0 Å². The SMILES string of the molecule is CC(NCc1cc2c(cc1O)OCO2)C(=O)N(C)C. The maximum Gasteiger partial charge on any atom is 0.238 e. The summed E-state index contributed by atoms with van der Waals surface area (Å²) in [4.78, 5) is 13.2. The number of hydrogen-bond donors (Lipinski definition) is 2. The van der Waals surface area contributed by atoms with Crippen LogP contribution in [0.4, 0.5) is 0 Å². The maximum absolute atomic E-state index is 11.7. The van der Waals surface area contributed by atoms with Gasteiger partial charge in [-0.15, -0.1) is 0 Å². The molecule has 2 N–H and O–H groups in total. The summed E-state index contributed by atoms with van der Waals surface area (Å²) in [6, 6.07) is 2.93. The molecular weight excluding hydrogens is 248 g/mol. The molecular formula is C13H18N2O4. The molecule has 1 amide bonds. The number of phenolic OH excluding ortho intramolecular Hbond substituents is 1. The van der Waals surface area contributed by atoms with Crippen LogP contribution in [0.25, 0.3) is 0 Å². The second kappa shape index (κ2) is 5.36. The average Bonchev–Trinajstić information content (AvgIpc) is 2.81. The van der Waals surface area contributed by atoms with E-state index in [-0.39, 0.29) is 24.5 Å². The summed E-state index contributed by atoms with van der Waals surface area (Å²) >= 11 is 0. The number of amides is 1. The molecule has 0 aliphatic carbocycles. The summed E-state index contributed by atoms with van der Waals surface area (Å²) in [6.07, 6.45) is 0. The van der Waals surface area contributed by atoms with Gasteiger partial charge in [0.05, 0.1) is 6.04 Å². The first-order valence-electron chi connectivity index (χ1n) is 6.05. The summed E-state index contributed by atoms with van der Waals surface area (Å²) in [7, 11) is 3.41. The lowest BCUT2D eigenvalue weighted by Gasteiger charge is -2.18. The lowest BCUT2D eigenvalue weighted by molar-refractivity contribution is -0.130. The maximum atomic E-state index is 11.7. The minimum atomic E-state index is -0.320. The number of carbonyl (C=O) groups excluding carboxylic acids is 1. The van der Waals surface area contributed by atoms with E-state index < -0.39 is 0 Å². The van der Waals surface area contributed by atoms with E-state index >= 15 is 0 Å². The van der Waals surface area contributed by atoms with Crippen molar-refractivity contribution in [3.8, 4) is 17.2 Å². The number of benzene rings is 1. The fraction of sp³-hybridized carbons (Fsp3) is 0.462. The molecule has 6 nitrogen and oxygen atoms in total. The van der Waals surface area contributed by atoms with Gasteiger partial charge in [0, 0.05) is 32.3 Å². The zero-order valence-corrected chi connectivity index (χ0v) is 11.3. The smallest absolute Gasteiger partial charge is 0.238 e. The van der Waals surface area contributed by atoms with Crippen LogP contribution >= 0.6 is 0 Å². The number of likely N-dealkylation sites (N-methyl/N-ethyl adjacent to an activating group) is 1. The van der Waals surface area contributed by atoms with Gasteiger partial charge >= 0.3 is 0 Å². The number of fused-ring (bicyclic) bond motifs is 1. The third kappa shape index (κ3) is 2.90. The Balaban J connectivity index is 2.02. The topological polar surface area (TPSA) is 71.0 Å². The molecule has 1 aliphatic heterocycles. The normalized spacial score (nSPS) is 14.3. The van der Waals surface area contributed by atoms with E-state index in [1.54, 1.807) is 27.1 Å². The Labute approximate surface area is 111 Å². The molecule has 19 heavy (non-hydrogen) atoms. The zero-order chi connectivity index (χ0) is 14.0. The molecule has 1 atom stereocenters. The number of carbonyl (C=O) groups is 1. The highest BCUT2D eigenvalue weighted by atomic mass is 16.7. The van der Waals surface area contributed by atoms with Crippen LogP contribution in [0, 0.1) is 0 Å². The monoisotopic (exact) mass is 266 g/mol. The van der Waals surface area contributed by atoms with E-state index in [9.17, 15) is 9.90 Å². The summed E-state index contributed by atoms with van der Waals surface area (Å²) in [6.45, 7) is 2.33. The summed E-state index contributed by atoms with van der Waals surface area (Å²) in [5.74, 6) is 1.27. The second-order valence-electron chi connectivity index (χ2n) is 4.67. The van der Waals surface area contributed by atoms with Crippen molar-refractivity contribution in [3.05, 3.63) is 17.7 Å². The van der Waals surface area contributed by atoms with Crippen molar-refractivity contribution in [2.75, 3.05) is 20.9 Å². The molecule has 0 radical (unpaired) electrons. The lowest BCUT2D eigenvalue weighted by Crippen LogP contribution is -2.41. The van der Waals surface area contributed by atoms with Gasteiger partial charge in [0.2, 0.25) is 12.7 Å². The number of phenols is 1. The van der Waals surface area contributed by atoms with Gasteiger partial charge in [-0.25, -0.2) is 0 Å². The van der Waals surface area contributed by atoms with Crippen molar-refractivity contribution >= 4 is 5.91 Å². The van der Waals surface area contributed by atoms with Gasteiger partial charge in [-0.3, -0.25) is 4.79 Å². The molecule has 1 heterocycles. The molecule has 1 unspecified atom stereocenters. The van der Waals surface area contributed by atoms with Crippen molar-refractivity contribution in [3.63, 3.8) is 0 Å². The largest absolute Gasteiger partial charge is 0.507 e. The minimum Gasteiger partial charge on any atom is -0.507 e. The molecule has 104 valence electrons. The van der Waals surface area contributed by atoms with Gasteiger partial charge in [-0.05, 0) is 13.0 Å². The Morgan fingerprint density at radius 1 is 1.42 bits per heavy atom. The Morgan fingerprint density at radius 3 is 2.68 bits per heavy atom. The highest BCUT2D eigenvalue weighted by molar-refractivity contribution is 5.80. The van der Waals surface area contributed by atoms with Gasteiger partial charge < -0.3 is 24.8 Å². The number of nitrogens with one attached hydrogen (secondary N) is 1. The van der Waals surface area contributed by atoms with Crippen molar-refractivity contribution in [2.24, 2.45) is 0 Å². The molecule has 6 heteroatoms. The quantitative estimate of drug-likeness (QED) is 0.839. The number of nitrogens with zero attached hydrogens (tertiary/aromatic N) is 1. The zero-order valence-electron chi connectivity index (χ0n) is 11.3. The molecule has 0 bridgehead atoms. The number of ether oxygens (including phenoxy) is 2. The summed E-state index contributed by atoms with van der Waals surface area (Å²) < 4.78 is 10.4. The highest BCUT2D eigenvalue weighted by Crippen LogP contribution is 2.37. The first-order chi connectivity index (χ1) is 8.99. The van der Waals surface area contributed by atoms with Crippen LogP contribution in [0.5, 0.6) is 17.2 Å². The van der Waals surface area contributed by atoms with Crippen molar-refractivity contribution < 1.29 is 19.4 Å². The number of rotatable bonds is 4. The molecule has 1 aliphatic rings. The fourth-order valence-electron chi connectivity index (χ4n) is 1.85. The van der Waals surface area contributed by atoms with Crippen molar-refractivity contribution in [1.82, 2.24) is 10.2 Å². The Morgan fingerprint density at radius 2 is 2.05 bits per heavy atom. The van der Waals surface area contributed by atoms with Crippen LogP contribution in [-0.4, -0.2) is 42.8 Å². The predicted molar refractivity (Wildman–Crippen MR) is 69.2 cm³/mol. The fourth-order valence-corrected chi connectivity index (χ4v) is 1.85. The first kappa shape index (κ1) is 13.5. The first-order valence-corrected chi connectivity index (χ1v) is 6.05. The summed E-state index contributed by atoms with van der Waals surface area (Å²) in [5, 5.41) is 12.9. The van der Waals surface area contributed by atoms with Crippen LogP contribution < -0.4 is 14.8 Å². The third-order valence-corrected chi connectivity index (χ3v) is 2.98. The van der Waals surface area contributed by atoms with Gasteiger partial charge in [-0.1, -0.05) is 0 Å². The van der Waals surface area contributed by atoms with Crippen molar-refractivity contribution in [2.45, 2.75) is 19.5 Å². The van der Waals surface area contributed by atoms with Crippen molar-refractivity contribution in [1.29, 1.82) is 0 Å². The number of hydrogen-bond acceptors (Lipinski definition) is 5. The van der Waals surface area contributed by atoms with E-state index in [4.69, 9.17) is 9.47 Å². The van der Waals surface area contributed by atoms with Gasteiger partial charge in [0.1, 0.15) is 5.75 Å². The van der Waals surface area contributed by atoms with E-state index in [0.717, 1.165) is 0 Å². The second-order valence-corrected chi connectivity index (χ2v) is 4.67.